The molecule has 0 amide bonds. The number of thiophene rings is 1. The molecule has 2 aliphatic heterocycles. The van der Waals surface area contributed by atoms with E-state index in [9.17, 15) is 0 Å². The van der Waals surface area contributed by atoms with Crippen LogP contribution in [0.1, 0.15) is 31.2 Å². The van der Waals surface area contributed by atoms with Crippen molar-refractivity contribution in [2.45, 2.75) is 44.5 Å². The summed E-state index contributed by atoms with van der Waals surface area (Å²) in [6.07, 6.45) is 5.98. The van der Waals surface area contributed by atoms with E-state index in [2.05, 4.69) is 34.5 Å². The van der Waals surface area contributed by atoms with E-state index in [1.165, 1.54) is 28.5 Å². The van der Waals surface area contributed by atoms with Gasteiger partial charge in [-0.2, -0.15) is 0 Å². The first-order valence-electron chi connectivity index (χ1n) is 9.90. The fraction of sp³-hybridized carbons (Fsp3) is 0.619. The Morgan fingerprint density at radius 2 is 2.12 bits per heavy atom. The fourth-order valence-electron chi connectivity index (χ4n) is 3.68. The second-order valence-electron chi connectivity index (χ2n) is 7.32. The molecule has 2 aromatic rings. The molecule has 0 bridgehead atoms. The third-order valence-corrected chi connectivity index (χ3v) is 6.12. The van der Waals surface area contributed by atoms with Crippen molar-refractivity contribution in [2.75, 3.05) is 39.5 Å². The third kappa shape index (κ3) is 5.05. The summed E-state index contributed by atoms with van der Waals surface area (Å²) < 4.78 is 18.8. The van der Waals surface area contributed by atoms with Gasteiger partial charge in [-0.05, 0) is 60.6 Å². The Morgan fingerprint density at radius 3 is 3.00 bits per heavy atom. The number of hydrogen-bond acceptors (Lipinski definition) is 5. The zero-order valence-corrected chi connectivity index (χ0v) is 16.2. The van der Waals surface area contributed by atoms with Crippen molar-refractivity contribution in [1.29, 1.82) is 0 Å². The Balaban J connectivity index is 1.03. The number of likely N-dealkylation sites (tertiary alicyclic amines) is 1. The lowest BCUT2D eigenvalue weighted by Crippen LogP contribution is -2.54. The van der Waals surface area contributed by atoms with Gasteiger partial charge >= 0.3 is 0 Å². The number of ether oxygens (including phenoxy) is 3. The summed E-state index contributed by atoms with van der Waals surface area (Å²) in [5.74, 6) is 0. The highest BCUT2D eigenvalue weighted by molar-refractivity contribution is 7.17. The first-order valence-corrected chi connectivity index (χ1v) is 10.8. The molecular formula is C21H29NO3S. The number of hydrogen-bond donors (Lipinski definition) is 0. The van der Waals surface area contributed by atoms with E-state index >= 15 is 0 Å². The fourth-order valence-corrected chi connectivity index (χ4v) is 4.45. The summed E-state index contributed by atoms with van der Waals surface area (Å²) in [6, 6.07) is 8.91. The highest BCUT2D eigenvalue weighted by atomic mass is 32.1. The number of fused-ring (bicyclic) bond motifs is 1. The molecule has 4 rings (SSSR count). The molecule has 2 saturated heterocycles. The normalized spacial score (nSPS) is 21.9. The molecule has 1 unspecified atom stereocenters. The maximum absolute atomic E-state index is 5.98. The summed E-state index contributed by atoms with van der Waals surface area (Å²) in [5, 5.41) is 3.50. The molecule has 3 heterocycles. The van der Waals surface area contributed by atoms with Crippen molar-refractivity contribution in [3.63, 3.8) is 0 Å². The summed E-state index contributed by atoms with van der Waals surface area (Å²) in [6.45, 7) is 5.70. The van der Waals surface area contributed by atoms with Crippen LogP contribution < -0.4 is 0 Å². The molecule has 4 nitrogen and oxygen atoms in total. The maximum Gasteiger partial charge on any atom is 0.158 e. The summed E-state index contributed by atoms with van der Waals surface area (Å²) in [5.41, 5.74) is 1.36. The molecule has 2 fully saturated rings. The molecule has 26 heavy (non-hydrogen) atoms. The van der Waals surface area contributed by atoms with E-state index in [1.54, 1.807) is 11.3 Å². The van der Waals surface area contributed by atoms with E-state index in [0.29, 0.717) is 6.10 Å². The Morgan fingerprint density at radius 1 is 1.15 bits per heavy atom. The molecule has 0 radical (unpaired) electrons. The van der Waals surface area contributed by atoms with Gasteiger partial charge in [0.2, 0.25) is 0 Å². The smallest absolute Gasteiger partial charge is 0.158 e. The van der Waals surface area contributed by atoms with Crippen molar-refractivity contribution in [3.8, 4) is 0 Å². The molecular weight excluding hydrogens is 346 g/mol. The van der Waals surface area contributed by atoms with Gasteiger partial charge in [0.05, 0.1) is 12.7 Å². The Hall–Kier alpha value is -0.980. The van der Waals surface area contributed by atoms with Crippen LogP contribution in [0.2, 0.25) is 0 Å². The zero-order valence-electron chi connectivity index (χ0n) is 15.4. The van der Waals surface area contributed by atoms with Crippen LogP contribution in [0.5, 0.6) is 0 Å². The average molecular weight is 376 g/mol. The van der Waals surface area contributed by atoms with Gasteiger partial charge in [-0.3, -0.25) is 4.90 Å². The summed E-state index contributed by atoms with van der Waals surface area (Å²) >= 11 is 1.80. The highest BCUT2D eigenvalue weighted by Gasteiger charge is 2.30. The average Bonchev–Trinajstić information content (AvgIpc) is 3.10. The minimum absolute atomic E-state index is 0.0486. The second-order valence-corrected chi connectivity index (χ2v) is 8.27. The predicted molar refractivity (Wildman–Crippen MR) is 106 cm³/mol. The molecule has 1 aromatic carbocycles. The molecule has 5 heteroatoms. The Labute approximate surface area is 160 Å². The lowest BCUT2D eigenvalue weighted by atomic mass is 10.1. The van der Waals surface area contributed by atoms with Gasteiger partial charge in [0.1, 0.15) is 0 Å². The van der Waals surface area contributed by atoms with Crippen molar-refractivity contribution in [1.82, 2.24) is 4.90 Å². The van der Waals surface area contributed by atoms with Crippen molar-refractivity contribution in [2.24, 2.45) is 0 Å². The molecule has 0 saturated carbocycles. The monoisotopic (exact) mass is 375 g/mol. The van der Waals surface area contributed by atoms with Crippen LogP contribution in [0.15, 0.2) is 29.6 Å². The van der Waals surface area contributed by atoms with Crippen molar-refractivity contribution < 1.29 is 14.2 Å². The van der Waals surface area contributed by atoms with Crippen LogP contribution in [-0.2, 0) is 20.6 Å². The minimum atomic E-state index is 0.0486. The SMILES string of the molecule is c1cc2cc(CCOCCCN3CC(OC4CCCCO4)C3)ccc2s1. The number of nitrogens with zero attached hydrogens (tertiary/aromatic N) is 1. The molecule has 2 aliphatic rings. The van der Waals surface area contributed by atoms with Crippen LogP contribution in [0, 0.1) is 0 Å². The van der Waals surface area contributed by atoms with Gasteiger partial charge in [0.25, 0.3) is 0 Å². The molecule has 0 aliphatic carbocycles. The van der Waals surface area contributed by atoms with Crippen LogP contribution >= 0.6 is 11.3 Å². The third-order valence-electron chi connectivity index (χ3n) is 5.22. The van der Waals surface area contributed by atoms with E-state index in [1.807, 2.05) is 0 Å². The molecule has 142 valence electrons. The van der Waals surface area contributed by atoms with Crippen molar-refractivity contribution in [3.05, 3.63) is 35.2 Å². The van der Waals surface area contributed by atoms with Crippen LogP contribution in [-0.4, -0.2) is 56.7 Å². The van der Waals surface area contributed by atoms with E-state index in [4.69, 9.17) is 14.2 Å². The standard InChI is InChI=1S/C21H29NO3S/c1-2-11-24-21(4-1)25-19-15-22(16-19)9-3-10-23-12-7-17-5-6-20-18(14-17)8-13-26-20/h5-6,8,13-14,19,21H,1-4,7,9-12,15-16H2. The lowest BCUT2D eigenvalue weighted by molar-refractivity contribution is -0.213. The Kier molecular flexibility index (Phi) is 6.57. The molecule has 1 aromatic heterocycles. The largest absolute Gasteiger partial charge is 0.381 e. The predicted octanol–water partition coefficient (Wildman–Crippen LogP) is 4.08. The lowest BCUT2D eigenvalue weighted by Gasteiger charge is -2.41. The van der Waals surface area contributed by atoms with Crippen LogP contribution in [0.3, 0.4) is 0 Å². The number of rotatable bonds is 9. The van der Waals surface area contributed by atoms with Crippen LogP contribution in [0.4, 0.5) is 0 Å². The van der Waals surface area contributed by atoms with Crippen LogP contribution in [0.25, 0.3) is 10.1 Å². The van der Waals surface area contributed by atoms with Gasteiger partial charge in [-0.1, -0.05) is 12.1 Å². The van der Waals surface area contributed by atoms with Gasteiger partial charge in [0.15, 0.2) is 6.29 Å². The van der Waals surface area contributed by atoms with E-state index < -0.39 is 0 Å². The maximum atomic E-state index is 5.98. The van der Waals surface area contributed by atoms with E-state index in [-0.39, 0.29) is 6.29 Å². The Bertz CT molecular complexity index is 677. The van der Waals surface area contributed by atoms with Gasteiger partial charge in [-0.25, -0.2) is 0 Å². The number of benzene rings is 1. The zero-order chi connectivity index (χ0) is 17.6. The molecule has 0 N–H and O–H groups in total. The summed E-state index contributed by atoms with van der Waals surface area (Å²) in [4.78, 5) is 2.45. The van der Waals surface area contributed by atoms with E-state index in [0.717, 1.165) is 58.7 Å². The first-order chi connectivity index (χ1) is 12.9. The first kappa shape index (κ1) is 18.4. The molecule has 1 atom stereocenters. The highest BCUT2D eigenvalue weighted by Crippen LogP contribution is 2.22. The molecule has 0 spiro atoms. The van der Waals surface area contributed by atoms with Crippen molar-refractivity contribution >= 4 is 21.4 Å². The quantitative estimate of drug-likeness (QED) is 0.618. The summed E-state index contributed by atoms with van der Waals surface area (Å²) in [7, 11) is 0. The van der Waals surface area contributed by atoms with Gasteiger partial charge in [-0.15, -0.1) is 11.3 Å². The topological polar surface area (TPSA) is 30.9 Å². The van der Waals surface area contributed by atoms with Gasteiger partial charge in [0, 0.05) is 37.5 Å². The second kappa shape index (κ2) is 9.29. The van der Waals surface area contributed by atoms with Gasteiger partial charge < -0.3 is 14.2 Å². The minimum Gasteiger partial charge on any atom is -0.381 e.